The van der Waals surface area contributed by atoms with Crippen molar-refractivity contribution in [2.75, 3.05) is 6.61 Å². The van der Waals surface area contributed by atoms with E-state index >= 15 is 0 Å². The third kappa shape index (κ3) is 4.59. The van der Waals surface area contributed by atoms with Gasteiger partial charge in [-0.15, -0.1) is 0 Å². The van der Waals surface area contributed by atoms with Gasteiger partial charge < -0.3 is 9.72 Å². The Kier molecular flexibility index (Phi) is 5.75. The lowest BCUT2D eigenvalue weighted by Crippen LogP contribution is -2.27. The summed E-state index contributed by atoms with van der Waals surface area (Å²) in [5.41, 5.74) is 9.69. The van der Waals surface area contributed by atoms with E-state index in [4.69, 9.17) is 14.7 Å². The van der Waals surface area contributed by atoms with Gasteiger partial charge in [0.15, 0.2) is 5.65 Å². The number of pyridine rings is 1. The minimum Gasteiger partial charge on any atom is -0.493 e. The van der Waals surface area contributed by atoms with Gasteiger partial charge in [0.1, 0.15) is 17.9 Å². The van der Waals surface area contributed by atoms with Gasteiger partial charge in [-0.3, -0.25) is 0 Å². The maximum Gasteiger partial charge on any atom is 0.177 e. The molecular formula is C32H37N5O. The van der Waals surface area contributed by atoms with Crippen molar-refractivity contribution in [1.29, 1.82) is 0 Å². The molecule has 196 valence electrons. The fourth-order valence-electron chi connectivity index (χ4n) is 6.47. The molecule has 0 saturated heterocycles. The first kappa shape index (κ1) is 23.8. The number of aromatic nitrogens is 5. The molecule has 3 aromatic heterocycles. The molecule has 0 spiro atoms. The molecule has 38 heavy (non-hydrogen) atoms. The second-order valence-electron chi connectivity index (χ2n) is 12.7. The van der Waals surface area contributed by atoms with Gasteiger partial charge >= 0.3 is 0 Å². The third-order valence-electron chi connectivity index (χ3n) is 9.08. The maximum absolute atomic E-state index is 6.32. The largest absolute Gasteiger partial charge is 0.493 e. The molecule has 6 nitrogen and oxygen atoms in total. The van der Waals surface area contributed by atoms with Gasteiger partial charge in [-0.25, -0.2) is 19.9 Å². The van der Waals surface area contributed by atoms with E-state index in [9.17, 15) is 0 Å². The molecule has 4 heterocycles. The van der Waals surface area contributed by atoms with Crippen molar-refractivity contribution in [3.63, 3.8) is 0 Å². The summed E-state index contributed by atoms with van der Waals surface area (Å²) in [6.07, 6.45) is 12.6. The molecule has 0 bridgehead atoms. The summed E-state index contributed by atoms with van der Waals surface area (Å²) in [5.74, 6) is 3.76. The Balaban J connectivity index is 1.13. The molecule has 1 aliphatic heterocycles. The summed E-state index contributed by atoms with van der Waals surface area (Å²) in [6.45, 7) is 7.89. The van der Waals surface area contributed by atoms with Crippen LogP contribution < -0.4 is 4.74 Å². The zero-order chi connectivity index (χ0) is 25.9. The van der Waals surface area contributed by atoms with Crippen LogP contribution in [0.1, 0.15) is 80.7 Å². The molecular weight excluding hydrogens is 470 g/mol. The lowest BCUT2D eigenvalue weighted by Gasteiger charge is -2.33. The van der Waals surface area contributed by atoms with E-state index in [0.29, 0.717) is 23.2 Å². The molecule has 1 saturated carbocycles. The number of fused-ring (bicyclic) bond motifs is 3. The Bertz CT molecular complexity index is 1500. The Morgan fingerprint density at radius 1 is 1.05 bits per heavy atom. The highest BCUT2D eigenvalue weighted by atomic mass is 16.5. The SMILES string of the molecule is CC1Cc2cc(-c3cnc4nc(C5CC5)[nH]c4c3)ccc2OCCC1Cc1ncnc2c1CC(C)(C)CC2. The van der Waals surface area contributed by atoms with E-state index in [1.54, 1.807) is 6.33 Å². The van der Waals surface area contributed by atoms with Crippen molar-refractivity contribution in [1.82, 2.24) is 24.9 Å². The fraction of sp³-hybridized carbons (Fsp3) is 0.500. The highest BCUT2D eigenvalue weighted by Gasteiger charge is 2.31. The average Bonchev–Trinajstić information content (AvgIpc) is 3.66. The number of nitrogens with zero attached hydrogens (tertiary/aromatic N) is 4. The van der Waals surface area contributed by atoms with Gasteiger partial charge in [0, 0.05) is 29.1 Å². The molecule has 1 aromatic carbocycles. The highest BCUT2D eigenvalue weighted by molar-refractivity contribution is 5.78. The number of imidazole rings is 1. The highest BCUT2D eigenvalue weighted by Crippen LogP contribution is 2.40. The van der Waals surface area contributed by atoms with E-state index in [0.717, 1.165) is 67.0 Å². The molecule has 4 aromatic rings. The first-order chi connectivity index (χ1) is 18.4. The summed E-state index contributed by atoms with van der Waals surface area (Å²) in [6, 6.07) is 8.81. The first-order valence-electron chi connectivity index (χ1n) is 14.4. The number of aryl methyl sites for hydroxylation is 1. The van der Waals surface area contributed by atoms with Crippen LogP contribution in [0.15, 0.2) is 36.8 Å². The van der Waals surface area contributed by atoms with E-state index in [-0.39, 0.29) is 0 Å². The molecule has 2 unspecified atom stereocenters. The van der Waals surface area contributed by atoms with Crippen LogP contribution in [0.25, 0.3) is 22.3 Å². The second kappa shape index (κ2) is 9.18. The standard InChI is InChI=1S/C32H37N5O/c1-19-12-23-13-22(24-15-28-31(33-17-24)37-30(36-28)20-4-5-20)6-7-29(23)38-11-9-21(19)14-27-25-16-32(2,3)10-8-26(25)34-18-35-27/h6-7,13,15,17-21H,4-5,8-12,14,16H2,1-3H3,(H,33,36,37). The summed E-state index contributed by atoms with van der Waals surface area (Å²) in [4.78, 5) is 22.3. The van der Waals surface area contributed by atoms with Crippen molar-refractivity contribution in [3.8, 4) is 16.9 Å². The number of hydrogen-bond acceptors (Lipinski definition) is 5. The van der Waals surface area contributed by atoms with Gasteiger partial charge in [0.25, 0.3) is 0 Å². The van der Waals surface area contributed by atoms with Crippen LogP contribution in [-0.2, 0) is 25.7 Å². The van der Waals surface area contributed by atoms with Gasteiger partial charge in [0.05, 0.1) is 12.1 Å². The predicted molar refractivity (Wildman–Crippen MR) is 149 cm³/mol. The number of hydrogen-bond donors (Lipinski definition) is 1. The van der Waals surface area contributed by atoms with Crippen LogP contribution >= 0.6 is 0 Å². The smallest absolute Gasteiger partial charge is 0.177 e. The van der Waals surface area contributed by atoms with Crippen molar-refractivity contribution in [2.45, 2.75) is 78.1 Å². The molecule has 2 atom stereocenters. The summed E-state index contributed by atoms with van der Waals surface area (Å²) >= 11 is 0. The number of benzene rings is 1. The Labute approximate surface area is 224 Å². The topological polar surface area (TPSA) is 76.6 Å². The van der Waals surface area contributed by atoms with Crippen LogP contribution in [-0.4, -0.2) is 31.5 Å². The normalized spacial score (nSPS) is 22.7. The Morgan fingerprint density at radius 2 is 1.95 bits per heavy atom. The van der Waals surface area contributed by atoms with E-state index in [1.807, 2.05) is 6.20 Å². The van der Waals surface area contributed by atoms with Gasteiger partial charge in [0.2, 0.25) is 0 Å². The molecule has 1 N–H and O–H groups in total. The van der Waals surface area contributed by atoms with Crippen molar-refractivity contribution in [3.05, 3.63) is 65.1 Å². The number of ether oxygens (including phenoxy) is 1. The van der Waals surface area contributed by atoms with E-state index in [2.05, 4.69) is 60.0 Å². The zero-order valence-electron chi connectivity index (χ0n) is 22.8. The monoisotopic (exact) mass is 507 g/mol. The lowest BCUT2D eigenvalue weighted by molar-refractivity contribution is 0.219. The lowest BCUT2D eigenvalue weighted by atomic mass is 9.74. The number of nitrogens with one attached hydrogen (secondary N) is 1. The minimum atomic E-state index is 0.324. The number of H-pyrrole nitrogens is 1. The first-order valence-corrected chi connectivity index (χ1v) is 14.4. The Hall–Kier alpha value is -3.28. The van der Waals surface area contributed by atoms with Gasteiger partial charge in [-0.2, -0.15) is 0 Å². The molecule has 2 aliphatic carbocycles. The summed E-state index contributed by atoms with van der Waals surface area (Å²) < 4.78 is 6.32. The van der Waals surface area contributed by atoms with Crippen LogP contribution in [0.4, 0.5) is 0 Å². The van der Waals surface area contributed by atoms with E-state index in [1.165, 1.54) is 47.3 Å². The number of rotatable bonds is 4. The fourth-order valence-corrected chi connectivity index (χ4v) is 6.47. The second-order valence-corrected chi connectivity index (χ2v) is 12.7. The molecule has 0 radical (unpaired) electrons. The van der Waals surface area contributed by atoms with Crippen LogP contribution in [0.2, 0.25) is 0 Å². The van der Waals surface area contributed by atoms with Crippen LogP contribution in [0, 0.1) is 17.3 Å². The zero-order valence-corrected chi connectivity index (χ0v) is 22.8. The maximum atomic E-state index is 6.32. The molecule has 0 amide bonds. The molecule has 6 heteroatoms. The molecule has 3 aliphatic rings. The predicted octanol–water partition coefficient (Wildman–Crippen LogP) is 6.63. The Morgan fingerprint density at radius 3 is 2.82 bits per heavy atom. The van der Waals surface area contributed by atoms with Crippen molar-refractivity contribution < 1.29 is 4.74 Å². The van der Waals surface area contributed by atoms with Crippen molar-refractivity contribution in [2.24, 2.45) is 17.3 Å². The number of aromatic amines is 1. The van der Waals surface area contributed by atoms with Gasteiger partial charge in [-0.05, 0) is 104 Å². The quantitative estimate of drug-likeness (QED) is 0.336. The summed E-state index contributed by atoms with van der Waals surface area (Å²) in [5, 5.41) is 0. The third-order valence-corrected chi connectivity index (χ3v) is 9.08. The van der Waals surface area contributed by atoms with Crippen molar-refractivity contribution >= 4 is 11.2 Å². The van der Waals surface area contributed by atoms with Crippen LogP contribution in [0.3, 0.4) is 0 Å². The van der Waals surface area contributed by atoms with E-state index < -0.39 is 0 Å². The molecule has 1 fully saturated rings. The molecule has 7 rings (SSSR count). The van der Waals surface area contributed by atoms with Gasteiger partial charge in [-0.1, -0.05) is 26.8 Å². The minimum absolute atomic E-state index is 0.324. The van der Waals surface area contributed by atoms with Crippen LogP contribution in [0.5, 0.6) is 5.75 Å². The average molecular weight is 508 g/mol. The summed E-state index contributed by atoms with van der Waals surface area (Å²) in [7, 11) is 0.